The number of halogens is 4. The van der Waals surface area contributed by atoms with E-state index in [2.05, 4.69) is 11.6 Å². The van der Waals surface area contributed by atoms with Crippen molar-refractivity contribution in [3.63, 3.8) is 0 Å². The second-order valence-electron chi connectivity index (χ2n) is 1.43. The molecule has 0 radical (unpaired) electrons. The fourth-order valence-electron chi connectivity index (χ4n) is 0.127. The molecule has 1 atom stereocenters. The van der Waals surface area contributed by atoms with Gasteiger partial charge in [0.25, 0.3) is 0 Å². The average Bonchev–Trinajstić information content (AvgIpc) is 1.62. The van der Waals surface area contributed by atoms with Crippen LogP contribution in [0.5, 0.6) is 0 Å². The van der Waals surface area contributed by atoms with E-state index in [4.69, 9.17) is 33.0 Å². The third kappa shape index (κ3) is 2.22. The highest BCUT2D eigenvalue weighted by Gasteiger charge is 2.51. The van der Waals surface area contributed by atoms with Crippen molar-refractivity contribution < 1.29 is 18.7 Å². The van der Waals surface area contributed by atoms with Gasteiger partial charge in [0.15, 0.2) is 4.84 Å². The topological polar surface area (TPSA) is 57.5 Å². The summed E-state index contributed by atoms with van der Waals surface area (Å²) < 4.78 is 22.6. The molecule has 0 heterocycles. The van der Waals surface area contributed by atoms with Gasteiger partial charge in [-0.15, -0.1) is 0 Å². The first-order valence-electron chi connectivity index (χ1n) is 1.91. The number of hydrogen-bond donors (Lipinski definition) is 2. The van der Waals surface area contributed by atoms with E-state index in [0.717, 1.165) is 0 Å². The van der Waals surface area contributed by atoms with Crippen LogP contribution < -0.4 is 0 Å². The van der Waals surface area contributed by atoms with Gasteiger partial charge in [-0.1, -0.05) is 34.8 Å². The third-order valence-corrected chi connectivity index (χ3v) is 3.69. The molecule has 0 amide bonds. The molecule has 0 rings (SSSR count). The highest BCUT2D eigenvalue weighted by atomic mass is 35.5. The molecule has 0 aromatic rings. The zero-order valence-corrected chi connectivity index (χ0v) is 7.50. The van der Waals surface area contributed by atoms with Crippen LogP contribution in [-0.2, 0) is 4.57 Å². The van der Waals surface area contributed by atoms with E-state index in [9.17, 15) is 8.96 Å². The Morgan fingerprint density at radius 3 is 1.80 bits per heavy atom. The number of rotatable bonds is 2. The molecule has 0 aliphatic heterocycles. The standard InChI is InChI=1S/C2H3Cl3FO3P/c3-1(4)2(5,6)10(7,8)9/h1H,(H2,7,8,9). The Bertz CT molecular complexity index is 165. The first-order chi connectivity index (χ1) is 4.19. The van der Waals surface area contributed by atoms with Crippen LogP contribution in [-0.4, -0.2) is 19.5 Å². The second kappa shape index (κ2) is 3.13. The Hall–Kier alpha value is 0.950. The average molecular weight is 231 g/mol. The van der Waals surface area contributed by atoms with Crippen molar-refractivity contribution in [2.75, 3.05) is 0 Å². The molecule has 10 heavy (non-hydrogen) atoms. The molecule has 0 saturated heterocycles. The van der Waals surface area contributed by atoms with Gasteiger partial charge < -0.3 is 9.79 Å². The molecule has 0 aromatic heterocycles. The summed E-state index contributed by atoms with van der Waals surface area (Å²) in [7, 11) is -5.09. The van der Waals surface area contributed by atoms with Crippen LogP contribution in [0.1, 0.15) is 0 Å². The van der Waals surface area contributed by atoms with E-state index in [-0.39, 0.29) is 0 Å². The maximum atomic E-state index is 12.5. The normalized spacial score (nSPS) is 19.1. The van der Waals surface area contributed by atoms with Crippen LogP contribution in [0.25, 0.3) is 0 Å². The predicted octanol–water partition coefficient (Wildman–Crippen LogP) is 1.83. The smallest absolute Gasteiger partial charge is 0.321 e. The Kier molecular flexibility index (Phi) is 3.43. The highest BCUT2D eigenvalue weighted by molar-refractivity contribution is 7.55. The maximum absolute atomic E-state index is 12.5. The van der Waals surface area contributed by atoms with Gasteiger partial charge in [-0.2, -0.15) is 0 Å². The van der Waals surface area contributed by atoms with Crippen molar-refractivity contribution in [3.05, 3.63) is 0 Å². The Morgan fingerprint density at radius 2 is 1.80 bits per heavy atom. The molecule has 8 heteroatoms. The minimum atomic E-state index is -5.09. The number of hydrogen-bond acceptors (Lipinski definition) is 1. The summed E-state index contributed by atoms with van der Waals surface area (Å²) in [5.41, 5.74) is 0. The summed E-state index contributed by atoms with van der Waals surface area (Å²) in [4.78, 5) is 10.9. The van der Waals surface area contributed by atoms with Crippen molar-refractivity contribution in [2.45, 2.75) is 9.71 Å². The van der Waals surface area contributed by atoms with Gasteiger partial charge in [-0.05, 0) is 0 Å². The van der Waals surface area contributed by atoms with Gasteiger partial charge in [0.1, 0.15) is 0 Å². The second-order valence-corrected chi connectivity index (χ2v) is 5.08. The van der Waals surface area contributed by atoms with Gasteiger partial charge in [0, 0.05) is 0 Å². The zero-order valence-electron chi connectivity index (χ0n) is 4.34. The first-order valence-corrected chi connectivity index (χ1v) is 4.77. The van der Waals surface area contributed by atoms with Gasteiger partial charge in [0.2, 0.25) is 0 Å². The van der Waals surface area contributed by atoms with E-state index in [0.29, 0.717) is 0 Å². The van der Waals surface area contributed by atoms with Crippen LogP contribution in [0.2, 0.25) is 0 Å². The molecule has 62 valence electrons. The molecular weight excluding hydrogens is 228 g/mol. The summed E-state index contributed by atoms with van der Waals surface area (Å²) in [6.07, 6.45) is 0. The van der Waals surface area contributed by atoms with Crippen molar-refractivity contribution in [2.24, 2.45) is 0 Å². The van der Waals surface area contributed by atoms with Crippen molar-refractivity contribution >= 4 is 42.4 Å². The minimum absolute atomic E-state index is 1.96. The lowest BCUT2D eigenvalue weighted by atomic mass is 10.9. The van der Waals surface area contributed by atoms with Crippen LogP contribution in [0.4, 0.5) is 4.39 Å². The lowest BCUT2D eigenvalue weighted by Crippen LogP contribution is -2.22. The highest BCUT2D eigenvalue weighted by Crippen LogP contribution is 2.58. The number of alkyl halides is 4. The Labute approximate surface area is 71.2 Å². The molecule has 0 aliphatic carbocycles. The van der Waals surface area contributed by atoms with Crippen LogP contribution in [0.15, 0.2) is 0 Å². The third-order valence-electron chi connectivity index (χ3n) is 0.651. The van der Waals surface area contributed by atoms with Gasteiger partial charge in [-0.25, -0.2) is 4.39 Å². The van der Waals surface area contributed by atoms with E-state index < -0.39 is 17.3 Å². The molecule has 0 bridgehead atoms. The van der Waals surface area contributed by atoms with Crippen LogP contribution in [0.3, 0.4) is 0 Å². The van der Waals surface area contributed by atoms with Crippen LogP contribution in [0, 0.1) is 0 Å². The fraction of sp³-hybridized carbons (Fsp3) is 1.00. The summed E-state index contributed by atoms with van der Waals surface area (Å²) in [6, 6.07) is 0. The van der Waals surface area contributed by atoms with Crippen molar-refractivity contribution in [3.8, 4) is 0 Å². The van der Waals surface area contributed by atoms with Crippen LogP contribution >= 0.6 is 42.4 Å². The molecule has 0 aromatic carbocycles. The maximum Gasteiger partial charge on any atom is 0.380 e. The van der Waals surface area contributed by atoms with E-state index in [1.807, 2.05) is 0 Å². The van der Waals surface area contributed by atoms with E-state index >= 15 is 0 Å². The molecule has 3 nitrogen and oxygen atoms in total. The largest absolute Gasteiger partial charge is 0.380 e. The van der Waals surface area contributed by atoms with Gasteiger partial charge in [0.05, 0.1) is 0 Å². The molecule has 2 N–H and O–H groups in total. The molecule has 0 aliphatic rings. The monoisotopic (exact) mass is 230 g/mol. The lowest BCUT2D eigenvalue weighted by molar-refractivity contribution is 0.282. The van der Waals surface area contributed by atoms with Crippen molar-refractivity contribution in [1.82, 2.24) is 0 Å². The molecular formula is C2H3Cl3FO3P. The molecule has 0 spiro atoms. The Balaban J connectivity index is 4.58. The molecule has 0 saturated carbocycles. The molecule has 1 unspecified atom stereocenters. The lowest BCUT2D eigenvalue weighted by Gasteiger charge is -2.19. The minimum Gasteiger partial charge on any atom is -0.321 e. The molecule has 0 fully saturated rings. The summed E-state index contributed by atoms with van der Waals surface area (Å²) in [6.45, 7) is 0. The van der Waals surface area contributed by atoms with E-state index in [1.54, 1.807) is 0 Å². The summed E-state index contributed by atoms with van der Waals surface area (Å²) in [5, 5.41) is 0. The fourth-order valence-corrected chi connectivity index (χ4v) is 1.14. The Morgan fingerprint density at radius 1 is 1.50 bits per heavy atom. The van der Waals surface area contributed by atoms with Gasteiger partial charge in [-0.3, -0.25) is 4.57 Å². The van der Waals surface area contributed by atoms with Crippen molar-refractivity contribution in [1.29, 1.82) is 0 Å². The predicted molar refractivity (Wildman–Crippen MR) is 37.2 cm³/mol. The summed E-state index contributed by atoms with van der Waals surface area (Å²) in [5.74, 6) is 0. The summed E-state index contributed by atoms with van der Waals surface area (Å²) >= 11 is 14.3. The van der Waals surface area contributed by atoms with E-state index in [1.165, 1.54) is 0 Å². The SMILES string of the molecule is O=P(O)(O)C(F)(Cl)C(Cl)Cl. The first kappa shape index (κ1) is 11.0. The van der Waals surface area contributed by atoms with Gasteiger partial charge >= 0.3 is 12.5 Å². The quantitative estimate of drug-likeness (QED) is 0.563. The zero-order chi connectivity index (χ0) is 8.58.